The van der Waals surface area contributed by atoms with Gasteiger partial charge in [0, 0.05) is 49.3 Å². The van der Waals surface area contributed by atoms with Gasteiger partial charge in [-0.1, -0.05) is 67.6 Å². The third-order valence-corrected chi connectivity index (χ3v) is 12.5. The van der Waals surface area contributed by atoms with Gasteiger partial charge >= 0.3 is 0 Å². The molecule has 5 aromatic rings. The first-order valence-corrected chi connectivity index (χ1v) is 16.8. The van der Waals surface area contributed by atoms with Crippen LogP contribution in [0.1, 0.15) is 40.8 Å². The van der Waals surface area contributed by atoms with Gasteiger partial charge < -0.3 is 4.90 Å². The minimum atomic E-state index is 0.0886. The number of hydrogen-bond acceptors (Lipinski definition) is 5. The largest absolute Gasteiger partial charge is 0.356 e. The Morgan fingerprint density at radius 3 is 2.55 bits per heavy atom. The molecule has 0 saturated heterocycles. The maximum absolute atomic E-state index is 10.00. The van der Waals surface area contributed by atoms with E-state index in [2.05, 4.69) is 103 Å². The lowest BCUT2D eigenvalue weighted by atomic mass is 9.77. The number of nitriles is 2. The Labute approximate surface area is 264 Å². The van der Waals surface area contributed by atoms with Crippen LogP contribution in [-0.2, 0) is 6.42 Å². The molecule has 0 saturated carbocycles. The van der Waals surface area contributed by atoms with E-state index in [1.165, 1.54) is 63.1 Å². The Morgan fingerprint density at radius 2 is 1.66 bits per heavy atom. The predicted molar refractivity (Wildman–Crippen MR) is 184 cm³/mol. The van der Waals surface area contributed by atoms with Gasteiger partial charge in [0.2, 0.25) is 0 Å². The molecular weight excluding hydrogens is 575 g/mol. The molecule has 0 bridgehead atoms. The van der Waals surface area contributed by atoms with E-state index in [9.17, 15) is 10.5 Å². The van der Waals surface area contributed by atoms with Crippen LogP contribution in [0, 0.1) is 28.6 Å². The predicted octanol–water partition coefficient (Wildman–Crippen LogP) is 9.96. The summed E-state index contributed by atoms with van der Waals surface area (Å²) in [7, 11) is 0. The van der Waals surface area contributed by atoms with Crippen LogP contribution in [0.3, 0.4) is 0 Å². The van der Waals surface area contributed by atoms with Crippen molar-refractivity contribution in [2.75, 3.05) is 4.90 Å². The van der Waals surface area contributed by atoms with Gasteiger partial charge in [-0.3, -0.25) is 0 Å². The second-order valence-electron chi connectivity index (χ2n) is 12.3. The van der Waals surface area contributed by atoms with Crippen LogP contribution in [-0.4, -0.2) is 12.1 Å². The van der Waals surface area contributed by atoms with E-state index in [0.717, 1.165) is 12.0 Å². The van der Waals surface area contributed by atoms with Gasteiger partial charge in [-0.2, -0.15) is 10.5 Å². The lowest BCUT2D eigenvalue weighted by Crippen LogP contribution is -2.44. The highest BCUT2D eigenvalue weighted by atomic mass is 32.1. The van der Waals surface area contributed by atoms with Crippen molar-refractivity contribution in [3.05, 3.63) is 129 Å². The molecule has 3 heterocycles. The number of rotatable bonds is 2. The van der Waals surface area contributed by atoms with Gasteiger partial charge in [-0.05, 0) is 71.0 Å². The van der Waals surface area contributed by atoms with Gasteiger partial charge in [0.15, 0.2) is 0 Å². The molecule has 0 radical (unpaired) electrons. The highest BCUT2D eigenvalue weighted by Crippen LogP contribution is 2.51. The van der Waals surface area contributed by atoms with Gasteiger partial charge in [0.25, 0.3) is 0 Å². The highest BCUT2D eigenvalue weighted by molar-refractivity contribution is 7.31. The number of allylic oxidation sites excluding steroid dienone is 4. The van der Waals surface area contributed by atoms with Crippen molar-refractivity contribution in [2.24, 2.45) is 5.92 Å². The minimum absolute atomic E-state index is 0.0886. The zero-order chi connectivity index (χ0) is 29.5. The molecule has 2 aromatic heterocycles. The molecule has 4 atom stereocenters. The molecule has 0 spiro atoms. The van der Waals surface area contributed by atoms with Crippen LogP contribution < -0.4 is 4.90 Å². The number of benzene rings is 3. The summed E-state index contributed by atoms with van der Waals surface area (Å²) >= 11 is 3.78. The molecule has 44 heavy (non-hydrogen) atoms. The summed E-state index contributed by atoms with van der Waals surface area (Å²) in [4.78, 5) is 4.05. The second kappa shape index (κ2) is 9.66. The summed E-state index contributed by atoms with van der Waals surface area (Å²) in [6.45, 7) is 2.36. The van der Waals surface area contributed by atoms with E-state index < -0.39 is 0 Å². The van der Waals surface area contributed by atoms with Gasteiger partial charge in [0.1, 0.15) is 0 Å². The van der Waals surface area contributed by atoms with Gasteiger partial charge in [0.05, 0.1) is 39.2 Å². The third-order valence-electron chi connectivity index (χ3n) is 9.91. The van der Waals surface area contributed by atoms with Crippen LogP contribution >= 0.6 is 22.7 Å². The van der Waals surface area contributed by atoms with Crippen molar-refractivity contribution < 1.29 is 0 Å². The minimum Gasteiger partial charge on any atom is -0.356 e. The van der Waals surface area contributed by atoms with Crippen molar-refractivity contribution >= 4 is 64.7 Å². The quantitative estimate of drug-likeness (QED) is 0.202. The molecule has 210 valence electrons. The topological polar surface area (TPSA) is 50.8 Å². The zero-order valence-electron chi connectivity index (χ0n) is 24.1. The molecule has 4 aliphatic rings. The molecule has 9 rings (SSSR count). The summed E-state index contributed by atoms with van der Waals surface area (Å²) in [6, 6.07) is 24.5. The number of hydrogen-bond donors (Lipinski definition) is 0. The van der Waals surface area contributed by atoms with Crippen LogP contribution in [0.2, 0.25) is 0 Å². The first-order valence-electron chi connectivity index (χ1n) is 15.2. The van der Waals surface area contributed by atoms with Gasteiger partial charge in [-0.15, -0.1) is 22.7 Å². The summed E-state index contributed by atoms with van der Waals surface area (Å²) in [5.41, 5.74) is 8.29. The van der Waals surface area contributed by atoms with Crippen molar-refractivity contribution in [1.82, 2.24) is 0 Å². The number of para-hydroxylation sites is 1. The summed E-state index contributed by atoms with van der Waals surface area (Å²) < 4.78 is 3.91. The van der Waals surface area contributed by atoms with E-state index in [-0.39, 0.29) is 12.1 Å². The average molecular weight is 602 g/mol. The maximum Gasteiger partial charge on any atom is 0.0991 e. The van der Waals surface area contributed by atoms with Crippen molar-refractivity contribution in [3.8, 4) is 12.1 Å². The SMILES string of the molecule is CC1Cc2sc3c(ccc4c5cc(C#N)ccc5sc43)c2C=C1C1=CC=C(C#N)CC1N1c2ccccc2C2C=CC=CC21. The Balaban J connectivity index is 1.20. The van der Waals surface area contributed by atoms with Crippen LogP contribution in [0.4, 0.5) is 5.69 Å². The molecule has 3 nitrogen and oxygen atoms in total. The van der Waals surface area contributed by atoms with Gasteiger partial charge in [-0.25, -0.2) is 0 Å². The zero-order valence-corrected chi connectivity index (χ0v) is 25.8. The Hall–Kier alpha value is -4.68. The first kappa shape index (κ1) is 25.8. The lowest BCUT2D eigenvalue weighted by Gasteiger charge is -2.40. The Kier molecular flexibility index (Phi) is 5.66. The smallest absolute Gasteiger partial charge is 0.0991 e. The Morgan fingerprint density at radius 1 is 0.818 bits per heavy atom. The molecule has 1 aliphatic heterocycles. The number of thiophene rings is 2. The second-order valence-corrected chi connectivity index (χ2v) is 14.4. The highest BCUT2D eigenvalue weighted by Gasteiger charge is 2.42. The third kappa shape index (κ3) is 3.64. The summed E-state index contributed by atoms with van der Waals surface area (Å²) in [5, 5.41) is 23.2. The van der Waals surface area contributed by atoms with E-state index in [1.54, 1.807) is 0 Å². The van der Waals surface area contributed by atoms with Crippen molar-refractivity contribution in [1.29, 1.82) is 10.5 Å². The standard InChI is InChI=1S/C39H27N3S2/c1-22-16-37-32(29-14-13-28-31-17-23(20-40)11-15-36(31)43-38(28)39(29)44-37)19-30(22)27-12-10-24(21-41)18-35(27)42-33-8-4-2-6-25(33)26-7-3-5-9-34(26)42/h2-15,17,19,22,25,33,35H,16,18H2,1H3. The average Bonchev–Trinajstić information content (AvgIpc) is 3.73. The van der Waals surface area contributed by atoms with E-state index >= 15 is 0 Å². The van der Waals surface area contributed by atoms with Crippen LogP contribution in [0.15, 0.2) is 108 Å². The molecule has 3 aliphatic carbocycles. The first-order chi connectivity index (χ1) is 21.6. The number of anilines is 1. The molecule has 0 N–H and O–H groups in total. The summed E-state index contributed by atoms with van der Waals surface area (Å²) in [5.74, 6) is 0.694. The van der Waals surface area contributed by atoms with Crippen LogP contribution in [0.25, 0.3) is 36.3 Å². The van der Waals surface area contributed by atoms with Crippen molar-refractivity contribution in [2.45, 2.75) is 37.8 Å². The molecule has 3 aromatic carbocycles. The molecule has 0 fully saturated rings. The van der Waals surface area contributed by atoms with Crippen LogP contribution in [0.5, 0.6) is 0 Å². The van der Waals surface area contributed by atoms with Crippen molar-refractivity contribution in [3.63, 3.8) is 0 Å². The fraction of sp³-hybridized carbons (Fsp3) is 0.179. The molecule has 0 amide bonds. The van der Waals surface area contributed by atoms with E-state index in [0.29, 0.717) is 23.8 Å². The Bertz CT molecular complexity index is 2310. The molecular formula is C39H27N3S2. The molecule has 5 heteroatoms. The number of nitrogens with zero attached hydrogens (tertiary/aromatic N) is 3. The van der Waals surface area contributed by atoms with E-state index in [1.807, 2.05) is 40.9 Å². The lowest BCUT2D eigenvalue weighted by molar-refractivity contribution is 0.576. The maximum atomic E-state index is 10.00. The normalized spacial score (nSPS) is 23.5. The molecule has 4 unspecified atom stereocenters. The monoisotopic (exact) mass is 601 g/mol. The van der Waals surface area contributed by atoms with E-state index in [4.69, 9.17) is 0 Å². The number of fused-ring (bicyclic) bond motifs is 10. The fourth-order valence-electron chi connectivity index (χ4n) is 7.89. The fourth-order valence-corrected chi connectivity index (χ4v) is 10.6. The summed E-state index contributed by atoms with van der Waals surface area (Å²) in [6.07, 6.45) is 17.5.